The number of nitrogens with one attached hydrogen (secondary N) is 2. The van der Waals surface area contributed by atoms with Gasteiger partial charge in [0.25, 0.3) is 5.91 Å². The van der Waals surface area contributed by atoms with Crippen LogP contribution in [0.1, 0.15) is 22.0 Å². The van der Waals surface area contributed by atoms with Crippen LogP contribution in [0.3, 0.4) is 0 Å². The largest absolute Gasteiger partial charge is 0.487 e. The molecule has 142 valence electrons. The van der Waals surface area contributed by atoms with E-state index < -0.39 is 11.9 Å². The van der Waals surface area contributed by atoms with Gasteiger partial charge in [-0.3, -0.25) is 9.89 Å². The van der Waals surface area contributed by atoms with E-state index in [0.717, 1.165) is 5.56 Å². The maximum Gasteiger partial charge on any atom is 0.291 e. The number of pyridine rings is 1. The summed E-state index contributed by atoms with van der Waals surface area (Å²) >= 11 is 5.52. The van der Waals surface area contributed by atoms with E-state index in [1.54, 1.807) is 24.2 Å². The van der Waals surface area contributed by atoms with E-state index in [2.05, 4.69) is 25.5 Å². The van der Waals surface area contributed by atoms with E-state index in [0.29, 0.717) is 28.8 Å². The van der Waals surface area contributed by atoms with Crippen molar-refractivity contribution in [3.05, 3.63) is 65.9 Å². The first-order valence-electron chi connectivity index (χ1n) is 8.73. The van der Waals surface area contributed by atoms with Crippen LogP contribution in [-0.4, -0.2) is 50.8 Å². The highest BCUT2D eigenvalue weighted by atomic mass is 32.1. The van der Waals surface area contributed by atoms with Crippen molar-refractivity contribution >= 4 is 28.9 Å². The van der Waals surface area contributed by atoms with Gasteiger partial charge in [0, 0.05) is 19.7 Å². The van der Waals surface area contributed by atoms with Crippen molar-refractivity contribution in [3.8, 4) is 5.75 Å². The van der Waals surface area contributed by atoms with Gasteiger partial charge in [0.15, 0.2) is 11.6 Å². The van der Waals surface area contributed by atoms with Gasteiger partial charge in [0.05, 0.1) is 0 Å². The number of thiocarbonyl (C=S) groups is 1. The number of ether oxygens (including phenoxy) is 1. The second kappa shape index (κ2) is 7.73. The quantitative estimate of drug-likeness (QED) is 0.651. The average molecular weight is 394 g/mol. The Bertz CT molecular complexity index is 1010. The van der Waals surface area contributed by atoms with Crippen molar-refractivity contribution in [1.82, 2.24) is 25.5 Å². The van der Waals surface area contributed by atoms with Crippen LogP contribution < -0.4 is 15.0 Å². The summed E-state index contributed by atoms with van der Waals surface area (Å²) in [5, 5.41) is 9.69. The predicted octanol–water partition coefficient (Wildman–Crippen LogP) is 1.75. The van der Waals surface area contributed by atoms with Crippen molar-refractivity contribution in [3.63, 3.8) is 0 Å². The van der Waals surface area contributed by atoms with Crippen LogP contribution in [0.2, 0.25) is 0 Å². The van der Waals surface area contributed by atoms with Gasteiger partial charge in [0.1, 0.15) is 23.5 Å². The third-order valence-corrected chi connectivity index (χ3v) is 4.92. The third kappa shape index (κ3) is 3.70. The maximum atomic E-state index is 12.6. The summed E-state index contributed by atoms with van der Waals surface area (Å²) in [7, 11) is 1.80. The first kappa shape index (κ1) is 18.1. The Hall–Kier alpha value is -3.33. The zero-order valence-electron chi connectivity index (χ0n) is 15.1. The summed E-state index contributed by atoms with van der Waals surface area (Å²) in [5.41, 5.74) is 1.08. The van der Waals surface area contributed by atoms with Gasteiger partial charge < -0.3 is 15.0 Å². The summed E-state index contributed by atoms with van der Waals surface area (Å²) in [6, 6.07) is 12.9. The fraction of sp³-hybridized carbons (Fsp3) is 0.211. The predicted molar refractivity (Wildman–Crippen MR) is 108 cm³/mol. The first-order chi connectivity index (χ1) is 13.6. The number of H-pyrrole nitrogens is 1. The Morgan fingerprint density at radius 2 is 2.14 bits per heavy atom. The van der Waals surface area contributed by atoms with Gasteiger partial charge in [-0.2, -0.15) is 0 Å². The van der Waals surface area contributed by atoms with Gasteiger partial charge in [0.2, 0.25) is 5.82 Å². The number of carbonyl (C=O) groups is 1. The van der Waals surface area contributed by atoms with E-state index >= 15 is 0 Å². The van der Waals surface area contributed by atoms with Crippen molar-refractivity contribution in [2.45, 2.75) is 12.5 Å². The van der Waals surface area contributed by atoms with Crippen LogP contribution >= 0.6 is 12.2 Å². The molecule has 8 nitrogen and oxygen atoms in total. The summed E-state index contributed by atoms with van der Waals surface area (Å²) in [6.07, 6.45) is 2.23. The first-order valence-corrected chi connectivity index (χ1v) is 9.14. The van der Waals surface area contributed by atoms with Crippen molar-refractivity contribution in [1.29, 1.82) is 0 Å². The number of rotatable bonds is 4. The zero-order chi connectivity index (χ0) is 19.5. The highest BCUT2D eigenvalue weighted by Crippen LogP contribution is 2.27. The Labute approximate surface area is 167 Å². The van der Waals surface area contributed by atoms with Gasteiger partial charge in [-0.1, -0.05) is 42.5 Å². The number of likely N-dealkylation sites (N-methyl/N-ethyl adjacent to an activating group) is 1. The Morgan fingerprint density at radius 1 is 1.32 bits per heavy atom. The molecule has 1 amide bonds. The molecular formula is C19H18N6O2S. The minimum absolute atomic E-state index is 0.0660. The molecule has 28 heavy (non-hydrogen) atoms. The van der Waals surface area contributed by atoms with Crippen LogP contribution in [0.15, 0.2) is 48.7 Å². The number of hydrogen-bond acceptors (Lipinski definition) is 6. The number of benzene rings is 1. The summed E-state index contributed by atoms with van der Waals surface area (Å²) in [4.78, 5) is 23.4. The molecule has 1 aliphatic heterocycles. The molecule has 0 radical (unpaired) electrons. The number of carbonyl (C=O) groups excluding carboxylic acids is 1. The molecule has 0 saturated carbocycles. The standard InChI is InChI=1S/C19H18N6O2S/c1-25-17-14(8-5-9-20-17)27-11-13(19(25)28)21-18(26)16-22-15(23-24-16)10-12-6-3-2-4-7-12/h2-9,13H,10-11H2,1H3,(H,21,26)(H,22,23,24). The van der Waals surface area contributed by atoms with E-state index in [1.807, 2.05) is 36.4 Å². The fourth-order valence-electron chi connectivity index (χ4n) is 2.92. The monoisotopic (exact) mass is 394 g/mol. The Kier molecular flexibility index (Phi) is 4.98. The summed E-state index contributed by atoms with van der Waals surface area (Å²) < 4.78 is 5.77. The Balaban J connectivity index is 1.45. The highest BCUT2D eigenvalue weighted by molar-refractivity contribution is 7.80. The molecule has 1 atom stereocenters. The SMILES string of the molecule is CN1C(=S)C(NC(=O)c2n[nH]c(Cc3ccccc3)n2)COc2cccnc21. The molecule has 1 aromatic carbocycles. The normalized spacial score (nSPS) is 16.1. The molecule has 4 rings (SSSR count). The smallest absolute Gasteiger partial charge is 0.291 e. The van der Waals surface area contributed by atoms with Gasteiger partial charge >= 0.3 is 0 Å². The fourth-order valence-corrected chi connectivity index (χ4v) is 3.13. The second-order valence-electron chi connectivity index (χ2n) is 6.33. The summed E-state index contributed by atoms with van der Waals surface area (Å²) in [5.74, 6) is 1.50. The lowest BCUT2D eigenvalue weighted by Crippen LogP contribution is -2.48. The molecule has 3 heterocycles. The molecule has 2 N–H and O–H groups in total. The molecule has 2 aromatic heterocycles. The van der Waals surface area contributed by atoms with Crippen LogP contribution in [-0.2, 0) is 6.42 Å². The number of aromatic amines is 1. The number of aromatic nitrogens is 4. The lowest BCUT2D eigenvalue weighted by atomic mass is 10.1. The topological polar surface area (TPSA) is 96.0 Å². The minimum Gasteiger partial charge on any atom is -0.487 e. The second-order valence-corrected chi connectivity index (χ2v) is 6.75. The number of anilines is 1. The molecule has 1 unspecified atom stereocenters. The molecular weight excluding hydrogens is 376 g/mol. The van der Waals surface area contributed by atoms with Crippen LogP contribution in [0.5, 0.6) is 5.75 Å². The molecule has 0 spiro atoms. The zero-order valence-corrected chi connectivity index (χ0v) is 15.9. The third-order valence-electron chi connectivity index (χ3n) is 4.36. The molecule has 0 aliphatic carbocycles. The number of hydrogen-bond donors (Lipinski definition) is 2. The number of fused-ring (bicyclic) bond motifs is 1. The summed E-state index contributed by atoms with van der Waals surface area (Å²) in [6.45, 7) is 0.203. The van der Waals surface area contributed by atoms with Crippen LogP contribution in [0.25, 0.3) is 0 Å². The van der Waals surface area contributed by atoms with E-state index in [1.165, 1.54) is 0 Å². The average Bonchev–Trinajstić information content (AvgIpc) is 3.15. The van der Waals surface area contributed by atoms with Crippen molar-refractivity contribution in [2.75, 3.05) is 18.6 Å². The van der Waals surface area contributed by atoms with Gasteiger partial charge in [-0.25, -0.2) is 9.97 Å². The number of nitrogens with zero attached hydrogens (tertiary/aromatic N) is 4. The highest BCUT2D eigenvalue weighted by Gasteiger charge is 2.29. The number of amides is 1. The molecule has 3 aromatic rings. The molecule has 0 bridgehead atoms. The molecule has 0 fully saturated rings. The molecule has 9 heteroatoms. The molecule has 1 aliphatic rings. The lowest BCUT2D eigenvalue weighted by Gasteiger charge is -2.22. The lowest BCUT2D eigenvalue weighted by molar-refractivity contribution is 0.0927. The van der Waals surface area contributed by atoms with Gasteiger partial charge in [-0.05, 0) is 17.7 Å². The van der Waals surface area contributed by atoms with E-state index in [-0.39, 0.29) is 12.4 Å². The van der Waals surface area contributed by atoms with Crippen molar-refractivity contribution in [2.24, 2.45) is 0 Å². The van der Waals surface area contributed by atoms with Crippen molar-refractivity contribution < 1.29 is 9.53 Å². The Morgan fingerprint density at radius 3 is 2.96 bits per heavy atom. The minimum atomic E-state index is -0.502. The molecule has 0 saturated heterocycles. The van der Waals surface area contributed by atoms with Gasteiger partial charge in [-0.15, -0.1) is 5.10 Å². The van der Waals surface area contributed by atoms with E-state index in [9.17, 15) is 4.79 Å². The van der Waals surface area contributed by atoms with E-state index in [4.69, 9.17) is 17.0 Å². The maximum absolute atomic E-state index is 12.6. The van der Waals surface area contributed by atoms with Crippen LogP contribution in [0, 0.1) is 0 Å². The van der Waals surface area contributed by atoms with Crippen LogP contribution in [0.4, 0.5) is 5.82 Å².